The second-order valence-corrected chi connectivity index (χ2v) is 3.46. The molecule has 0 radical (unpaired) electrons. The van der Waals surface area contributed by atoms with E-state index in [-0.39, 0.29) is 5.37 Å². The van der Waals surface area contributed by atoms with Crippen LogP contribution < -0.4 is 5.73 Å². The minimum atomic E-state index is -0.269. The number of fused-ring (bicyclic) bond motifs is 1. The Morgan fingerprint density at radius 3 is 3.00 bits per heavy atom. The Kier molecular flexibility index (Phi) is 2.01. The van der Waals surface area contributed by atoms with Crippen molar-refractivity contribution in [3.8, 4) is 0 Å². The zero-order valence-electron chi connectivity index (χ0n) is 7.19. The van der Waals surface area contributed by atoms with Gasteiger partial charge in [-0.2, -0.15) is 12.6 Å². The van der Waals surface area contributed by atoms with Gasteiger partial charge in [0.2, 0.25) is 0 Å². The largest absolute Gasteiger partial charge is 0.441 e. The van der Waals surface area contributed by atoms with Crippen LogP contribution in [0.25, 0.3) is 11.1 Å². The molecule has 1 atom stereocenters. The summed E-state index contributed by atoms with van der Waals surface area (Å²) >= 11 is 4.14. The summed E-state index contributed by atoms with van der Waals surface area (Å²) in [6, 6.07) is 5.66. The lowest BCUT2D eigenvalue weighted by atomic mass is 10.2. The zero-order chi connectivity index (χ0) is 9.42. The third kappa shape index (κ3) is 1.55. The Labute approximate surface area is 81.4 Å². The normalized spacial score (nSPS) is 13.5. The Bertz CT molecular complexity index is 436. The number of nitrogens with zero attached hydrogens (tertiary/aromatic N) is 1. The van der Waals surface area contributed by atoms with Crippen molar-refractivity contribution in [1.82, 2.24) is 4.98 Å². The highest BCUT2D eigenvalue weighted by Crippen LogP contribution is 2.21. The first-order chi connectivity index (χ1) is 6.16. The fraction of sp³-hybridized carbons (Fsp3) is 0.222. The van der Waals surface area contributed by atoms with E-state index >= 15 is 0 Å². The number of aryl methyl sites for hydroxylation is 1. The van der Waals surface area contributed by atoms with Gasteiger partial charge in [-0.05, 0) is 17.7 Å². The molecule has 0 aliphatic rings. The molecule has 0 saturated heterocycles. The summed E-state index contributed by atoms with van der Waals surface area (Å²) in [5, 5.41) is -0.269. The molecule has 0 aliphatic heterocycles. The third-order valence-electron chi connectivity index (χ3n) is 1.86. The van der Waals surface area contributed by atoms with Crippen LogP contribution in [0.1, 0.15) is 16.8 Å². The van der Waals surface area contributed by atoms with E-state index in [1.807, 2.05) is 25.1 Å². The molecule has 1 aromatic heterocycles. The predicted molar refractivity (Wildman–Crippen MR) is 54.7 cm³/mol. The zero-order valence-corrected chi connectivity index (χ0v) is 8.08. The third-order valence-corrected chi connectivity index (χ3v) is 2.16. The van der Waals surface area contributed by atoms with E-state index in [1.165, 1.54) is 0 Å². The molecule has 0 bridgehead atoms. The highest BCUT2D eigenvalue weighted by molar-refractivity contribution is 7.80. The van der Waals surface area contributed by atoms with Gasteiger partial charge >= 0.3 is 0 Å². The summed E-state index contributed by atoms with van der Waals surface area (Å²) in [5.74, 6) is 0.667. The molecule has 1 heterocycles. The number of hydrogen-bond donors (Lipinski definition) is 2. The molecule has 2 aromatic rings. The van der Waals surface area contributed by atoms with Crippen LogP contribution in [0.4, 0.5) is 0 Å². The Balaban J connectivity index is 2.61. The van der Waals surface area contributed by atoms with Crippen molar-refractivity contribution in [2.75, 3.05) is 0 Å². The summed E-state index contributed by atoms with van der Waals surface area (Å²) in [5.41, 5.74) is 8.17. The van der Waals surface area contributed by atoms with E-state index in [4.69, 9.17) is 10.2 Å². The highest BCUT2D eigenvalue weighted by atomic mass is 32.1. The number of hydrogen-bond acceptors (Lipinski definition) is 4. The maximum absolute atomic E-state index is 5.61. The smallest absolute Gasteiger partial charge is 0.192 e. The lowest BCUT2D eigenvalue weighted by Crippen LogP contribution is -2.01. The van der Waals surface area contributed by atoms with Crippen molar-refractivity contribution in [1.29, 1.82) is 0 Å². The highest BCUT2D eigenvalue weighted by Gasteiger charge is 2.05. The van der Waals surface area contributed by atoms with Crippen molar-refractivity contribution in [2.45, 2.75) is 12.3 Å². The van der Waals surface area contributed by atoms with Crippen molar-refractivity contribution in [2.24, 2.45) is 5.73 Å². The maximum Gasteiger partial charge on any atom is 0.192 e. The van der Waals surface area contributed by atoms with Crippen LogP contribution >= 0.6 is 12.6 Å². The summed E-state index contributed by atoms with van der Waals surface area (Å²) < 4.78 is 5.36. The van der Waals surface area contributed by atoms with Gasteiger partial charge in [0.05, 0.1) is 5.37 Å². The molecule has 13 heavy (non-hydrogen) atoms. The Hall–Kier alpha value is -1.00. The van der Waals surface area contributed by atoms with Gasteiger partial charge < -0.3 is 10.2 Å². The molecular formula is C9H10N2OS. The van der Waals surface area contributed by atoms with Crippen LogP contribution in [0, 0.1) is 6.92 Å². The van der Waals surface area contributed by atoms with Gasteiger partial charge in [0, 0.05) is 6.92 Å². The summed E-state index contributed by atoms with van der Waals surface area (Å²) in [6.07, 6.45) is 0. The molecule has 2 rings (SSSR count). The van der Waals surface area contributed by atoms with Crippen molar-refractivity contribution in [3.05, 3.63) is 29.7 Å². The van der Waals surface area contributed by atoms with Crippen LogP contribution in [0.15, 0.2) is 22.6 Å². The first-order valence-electron chi connectivity index (χ1n) is 3.97. The fourth-order valence-electron chi connectivity index (χ4n) is 1.24. The SMILES string of the molecule is Cc1nc2ccc(C(N)S)cc2o1. The van der Waals surface area contributed by atoms with Gasteiger partial charge in [0.25, 0.3) is 0 Å². The van der Waals surface area contributed by atoms with Crippen LogP contribution in [0.5, 0.6) is 0 Å². The van der Waals surface area contributed by atoms with E-state index < -0.39 is 0 Å². The second-order valence-electron chi connectivity index (χ2n) is 2.90. The van der Waals surface area contributed by atoms with E-state index in [2.05, 4.69) is 17.6 Å². The molecule has 0 spiro atoms. The molecule has 0 fully saturated rings. The molecule has 1 unspecified atom stereocenters. The minimum Gasteiger partial charge on any atom is -0.441 e. The average molecular weight is 194 g/mol. The van der Waals surface area contributed by atoms with E-state index in [1.54, 1.807) is 0 Å². The van der Waals surface area contributed by atoms with Crippen LogP contribution in [-0.2, 0) is 0 Å². The first kappa shape index (κ1) is 8.59. The topological polar surface area (TPSA) is 52.0 Å². The number of thiol groups is 1. The molecule has 0 amide bonds. The first-order valence-corrected chi connectivity index (χ1v) is 4.49. The van der Waals surface area contributed by atoms with Crippen molar-refractivity contribution in [3.63, 3.8) is 0 Å². The van der Waals surface area contributed by atoms with Gasteiger partial charge in [-0.15, -0.1) is 0 Å². The van der Waals surface area contributed by atoms with Crippen molar-refractivity contribution >= 4 is 23.7 Å². The summed E-state index contributed by atoms with van der Waals surface area (Å²) in [4.78, 5) is 4.18. The molecule has 0 saturated carbocycles. The number of oxazole rings is 1. The molecule has 2 N–H and O–H groups in total. The average Bonchev–Trinajstić information content (AvgIpc) is 2.42. The van der Waals surface area contributed by atoms with E-state index in [0.717, 1.165) is 16.7 Å². The number of aromatic nitrogens is 1. The van der Waals surface area contributed by atoms with E-state index in [9.17, 15) is 0 Å². The Morgan fingerprint density at radius 2 is 2.31 bits per heavy atom. The molecule has 3 nitrogen and oxygen atoms in total. The van der Waals surface area contributed by atoms with Gasteiger partial charge in [-0.25, -0.2) is 4.98 Å². The van der Waals surface area contributed by atoms with E-state index in [0.29, 0.717) is 5.89 Å². The molecule has 4 heteroatoms. The number of rotatable bonds is 1. The lowest BCUT2D eigenvalue weighted by Gasteiger charge is -2.02. The molecular weight excluding hydrogens is 184 g/mol. The molecule has 0 aliphatic carbocycles. The lowest BCUT2D eigenvalue weighted by molar-refractivity contribution is 0.560. The molecule has 68 valence electrons. The summed E-state index contributed by atoms with van der Waals surface area (Å²) in [7, 11) is 0. The maximum atomic E-state index is 5.61. The quantitative estimate of drug-likeness (QED) is 0.539. The Morgan fingerprint density at radius 1 is 1.54 bits per heavy atom. The van der Waals surface area contributed by atoms with Gasteiger partial charge in [-0.3, -0.25) is 0 Å². The standard InChI is InChI=1S/C9H10N2OS/c1-5-11-7-3-2-6(9(10)13)4-8(7)12-5/h2-4,9,13H,10H2,1H3. The van der Waals surface area contributed by atoms with Crippen molar-refractivity contribution < 1.29 is 4.42 Å². The number of benzene rings is 1. The van der Waals surface area contributed by atoms with Gasteiger partial charge in [0.1, 0.15) is 5.52 Å². The van der Waals surface area contributed by atoms with Crippen LogP contribution in [0.3, 0.4) is 0 Å². The second kappa shape index (κ2) is 3.05. The fourth-order valence-corrected chi connectivity index (χ4v) is 1.40. The summed E-state index contributed by atoms with van der Waals surface area (Å²) in [6.45, 7) is 1.82. The van der Waals surface area contributed by atoms with Crippen LogP contribution in [0.2, 0.25) is 0 Å². The van der Waals surface area contributed by atoms with Gasteiger partial charge in [0.15, 0.2) is 11.5 Å². The predicted octanol–water partition coefficient (Wildman–Crippen LogP) is 2.02. The van der Waals surface area contributed by atoms with Crippen LogP contribution in [-0.4, -0.2) is 4.98 Å². The monoisotopic (exact) mass is 194 g/mol. The minimum absolute atomic E-state index is 0.269. The number of nitrogens with two attached hydrogens (primary N) is 1. The van der Waals surface area contributed by atoms with Gasteiger partial charge in [-0.1, -0.05) is 6.07 Å². The molecule has 1 aromatic carbocycles.